The maximum atomic E-state index is 12.9. The number of benzene rings is 2. The van der Waals surface area contributed by atoms with Crippen LogP contribution in [0.3, 0.4) is 0 Å². The lowest BCUT2D eigenvalue weighted by Crippen LogP contribution is -2.48. The van der Waals surface area contributed by atoms with Gasteiger partial charge in [0, 0.05) is 31.3 Å². The molecular weight excluding hydrogens is 495 g/mol. The van der Waals surface area contributed by atoms with Crippen molar-refractivity contribution in [1.82, 2.24) is 15.5 Å². The molecule has 1 saturated heterocycles. The van der Waals surface area contributed by atoms with Gasteiger partial charge in [-0.3, -0.25) is 14.5 Å². The number of ether oxygens (including phenoxy) is 1. The molecule has 6 nitrogen and oxygen atoms in total. The van der Waals surface area contributed by atoms with Crippen LogP contribution >= 0.6 is 0 Å². The Morgan fingerprint density at radius 1 is 1.00 bits per heavy atom. The first-order chi connectivity index (χ1) is 18.2. The van der Waals surface area contributed by atoms with E-state index >= 15 is 0 Å². The fourth-order valence-electron chi connectivity index (χ4n) is 5.53. The predicted molar refractivity (Wildman–Crippen MR) is 139 cm³/mol. The lowest BCUT2D eigenvalue weighted by atomic mass is 9.81. The zero-order chi connectivity index (χ0) is 27.1. The summed E-state index contributed by atoms with van der Waals surface area (Å²) < 4.78 is 44.9. The van der Waals surface area contributed by atoms with Gasteiger partial charge < -0.3 is 15.4 Å². The first kappa shape index (κ1) is 28.1. The molecule has 0 bridgehead atoms. The van der Waals surface area contributed by atoms with Crippen molar-refractivity contribution in [3.8, 4) is 0 Å². The van der Waals surface area contributed by atoms with Gasteiger partial charge in [-0.05, 0) is 61.8 Å². The Balaban J connectivity index is 1.29. The van der Waals surface area contributed by atoms with Crippen molar-refractivity contribution < 1.29 is 27.5 Å². The molecule has 9 heteroatoms. The number of amides is 2. The minimum atomic E-state index is -4.55. The molecule has 38 heavy (non-hydrogen) atoms. The topological polar surface area (TPSA) is 70.7 Å². The molecule has 0 aromatic heterocycles. The zero-order valence-electron chi connectivity index (χ0n) is 21.7. The van der Waals surface area contributed by atoms with Crippen LogP contribution in [0.2, 0.25) is 0 Å². The van der Waals surface area contributed by atoms with Crippen LogP contribution < -0.4 is 10.6 Å². The highest BCUT2D eigenvalue weighted by Crippen LogP contribution is 2.36. The molecule has 2 N–H and O–H groups in total. The van der Waals surface area contributed by atoms with E-state index in [9.17, 15) is 22.8 Å². The molecule has 2 aromatic rings. The first-order valence-electron chi connectivity index (χ1n) is 13.4. The van der Waals surface area contributed by atoms with Crippen molar-refractivity contribution in [2.24, 2.45) is 0 Å². The number of rotatable bonds is 9. The Hall–Kier alpha value is -2.91. The SMILES string of the molecule is CCCO[C@H]1CN(C2CCC(c3ccccc3)CC2)C[C@@H]1NC(=O)CNC(=O)c1cccc(C(F)(F)F)c1. The highest BCUT2D eigenvalue weighted by atomic mass is 19.4. The Morgan fingerprint density at radius 2 is 1.74 bits per heavy atom. The fraction of sp³-hybridized carbons (Fsp3) is 0.517. The van der Waals surface area contributed by atoms with E-state index in [0.717, 1.165) is 50.8 Å². The Morgan fingerprint density at radius 3 is 2.42 bits per heavy atom. The van der Waals surface area contributed by atoms with Gasteiger partial charge in [-0.1, -0.05) is 43.3 Å². The van der Waals surface area contributed by atoms with E-state index in [1.165, 1.54) is 17.7 Å². The van der Waals surface area contributed by atoms with Crippen LogP contribution in [0.15, 0.2) is 54.6 Å². The van der Waals surface area contributed by atoms with Gasteiger partial charge in [0.2, 0.25) is 5.91 Å². The molecule has 0 unspecified atom stereocenters. The summed E-state index contributed by atoms with van der Waals surface area (Å²) >= 11 is 0. The summed E-state index contributed by atoms with van der Waals surface area (Å²) in [5, 5.41) is 5.42. The molecule has 4 rings (SSSR count). The molecule has 0 spiro atoms. The summed E-state index contributed by atoms with van der Waals surface area (Å²) in [5.41, 5.74) is 0.346. The maximum Gasteiger partial charge on any atom is 0.416 e. The molecule has 1 aliphatic carbocycles. The third-order valence-electron chi connectivity index (χ3n) is 7.52. The molecule has 2 aromatic carbocycles. The number of likely N-dealkylation sites (tertiary alicyclic amines) is 1. The summed E-state index contributed by atoms with van der Waals surface area (Å²) in [6.07, 6.45) is 0.614. The van der Waals surface area contributed by atoms with Crippen LogP contribution in [-0.2, 0) is 15.7 Å². The Labute approximate surface area is 221 Å². The van der Waals surface area contributed by atoms with E-state index < -0.39 is 23.6 Å². The van der Waals surface area contributed by atoms with Gasteiger partial charge in [0.25, 0.3) is 5.91 Å². The predicted octanol–water partition coefficient (Wildman–Crippen LogP) is 4.76. The number of halogens is 3. The Bertz CT molecular complexity index is 1070. The summed E-state index contributed by atoms with van der Waals surface area (Å²) in [4.78, 5) is 27.5. The van der Waals surface area contributed by atoms with Crippen molar-refractivity contribution in [2.75, 3.05) is 26.2 Å². The van der Waals surface area contributed by atoms with Crippen molar-refractivity contribution in [1.29, 1.82) is 0 Å². The minimum absolute atomic E-state index is 0.144. The number of nitrogens with zero attached hydrogens (tertiary/aromatic N) is 1. The van der Waals surface area contributed by atoms with Crippen LogP contribution in [0, 0.1) is 0 Å². The summed E-state index contributed by atoms with van der Waals surface area (Å²) in [7, 11) is 0. The van der Waals surface area contributed by atoms with E-state index in [0.29, 0.717) is 25.1 Å². The summed E-state index contributed by atoms with van der Waals surface area (Å²) in [5.74, 6) is -0.540. The number of alkyl halides is 3. The number of carbonyl (C=O) groups excluding carboxylic acids is 2. The first-order valence-corrected chi connectivity index (χ1v) is 13.4. The normalized spacial score (nSPS) is 24.2. The number of hydrogen-bond donors (Lipinski definition) is 2. The molecule has 2 aliphatic rings. The van der Waals surface area contributed by atoms with Crippen LogP contribution in [0.1, 0.15) is 66.4 Å². The van der Waals surface area contributed by atoms with Gasteiger partial charge in [-0.15, -0.1) is 0 Å². The number of carbonyl (C=O) groups is 2. The van der Waals surface area contributed by atoms with Crippen LogP contribution in [0.25, 0.3) is 0 Å². The monoisotopic (exact) mass is 531 g/mol. The van der Waals surface area contributed by atoms with Gasteiger partial charge in [0.05, 0.1) is 24.3 Å². The minimum Gasteiger partial charge on any atom is -0.375 e. The fourth-order valence-corrected chi connectivity index (χ4v) is 5.53. The average Bonchev–Trinajstić information content (AvgIpc) is 3.33. The molecule has 206 valence electrons. The summed E-state index contributed by atoms with van der Waals surface area (Å²) in [6.45, 7) is 3.71. The van der Waals surface area contributed by atoms with Crippen LogP contribution in [-0.4, -0.2) is 61.1 Å². The smallest absolute Gasteiger partial charge is 0.375 e. The van der Waals surface area contributed by atoms with Gasteiger partial charge in [0.1, 0.15) is 0 Å². The highest BCUT2D eigenvalue weighted by Gasteiger charge is 2.39. The summed E-state index contributed by atoms with van der Waals surface area (Å²) in [6, 6.07) is 15.0. The van der Waals surface area contributed by atoms with Crippen molar-refractivity contribution >= 4 is 11.8 Å². The lowest BCUT2D eigenvalue weighted by Gasteiger charge is -2.34. The molecule has 1 aliphatic heterocycles. The molecule has 1 saturated carbocycles. The van der Waals surface area contributed by atoms with Crippen LogP contribution in [0.5, 0.6) is 0 Å². The third-order valence-corrected chi connectivity index (χ3v) is 7.52. The largest absolute Gasteiger partial charge is 0.416 e. The second-order valence-corrected chi connectivity index (χ2v) is 10.2. The molecule has 1 heterocycles. The molecular formula is C29H36F3N3O3. The van der Waals surface area contributed by atoms with Crippen molar-refractivity contribution in [3.63, 3.8) is 0 Å². The van der Waals surface area contributed by atoms with Crippen molar-refractivity contribution in [3.05, 3.63) is 71.3 Å². The average molecular weight is 532 g/mol. The van der Waals surface area contributed by atoms with Gasteiger partial charge >= 0.3 is 6.18 Å². The highest BCUT2D eigenvalue weighted by molar-refractivity contribution is 5.96. The maximum absolute atomic E-state index is 12.9. The molecule has 2 fully saturated rings. The molecule has 2 amide bonds. The van der Waals surface area contributed by atoms with Gasteiger partial charge in [-0.2, -0.15) is 13.2 Å². The molecule has 2 atom stereocenters. The van der Waals surface area contributed by atoms with Gasteiger partial charge in [-0.25, -0.2) is 0 Å². The van der Waals surface area contributed by atoms with E-state index in [4.69, 9.17) is 4.74 Å². The van der Waals surface area contributed by atoms with E-state index in [1.807, 2.05) is 13.0 Å². The van der Waals surface area contributed by atoms with Crippen LogP contribution in [0.4, 0.5) is 13.2 Å². The second-order valence-electron chi connectivity index (χ2n) is 10.2. The van der Waals surface area contributed by atoms with Gasteiger partial charge in [0.15, 0.2) is 0 Å². The zero-order valence-corrected chi connectivity index (χ0v) is 21.7. The van der Waals surface area contributed by atoms with E-state index in [1.54, 1.807) is 0 Å². The number of hydrogen-bond acceptors (Lipinski definition) is 4. The third kappa shape index (κ3) is 7.35. The second kappa shape index (κ2) is 12.8. The quantitative estimate of drug-likeness (QED) is 0.490. The van der Waals surface area contributed by atoms with E-state index in [2.05, 4.69) is 39.8 Å². The molecule has 0 radical (unpaired) electrons. The van der Waals surface area contributed by atoms with Crippen molar-refractivity contribution in [2.45, 2.75) is 69.3 Å². The Kier molecular flexibility index (Phi) is 9.44. The number of nitrogens with one attached hydrogen (secondary N) is 2. The lowest BCUT2D eigenvalue weighted by molar-refractivity contribution is -0.137. The standard InChI is InChI=1S/C29H36F3N3O3/c1-2-15-38-26-19-35(24-13-11-21(12-14-24)20-7-4-3-5-8-20)18-25(26)34-27(36)17-33-28(37)22-9-6-10-23(16-22)29(30,31)32/h3-10,16,21,24-26H,2,11-15,17-19H2,1H3,(H,33,37)(H,34,36)/t21?,24?,25-,26-/m0/s1. The van der Waals surface area contributed by atoms with E-state index in [-0.39, 0.29) is 24.3 Å².